The molecule has 716 valence electrons. The third-order valence-corrected chi connectivity index (χ3v) is 29.3. The molecule has 10 heterocycles. The first kappa shape index (κ1) is 110. The number of hydrogen-bond acceptors (Lipinski definition) is 29. The standard InChI is InChI=1S/C17H30N3O5P.2C17H30N3O4PS.C17H25N2O6P.C16H25N2O4P/c1-5-7-18-9-11-10-20(17(24)19-15(11)23)16-14(22)13(21)12(25-16)6-8-26(2,3)4;2*1-5-7-18-9-11-10-20(17(26)19-15(11)23)16-14(22)13(21)12(24-16)6-8-25(2,3)4;1-10(20)5-6-11-9-19(17(24)18-15(11)23)16-14(22)13(21)12(25-16)7-8-26(2,3)4;1-6-11-9-18(10(2)17-15(11)21)16-14(20)13(19)12(22-16)7-8-23(3,4)5/h10,12-14,16,18,21-22H,2,5-9H2,1,3-4H3,(H,19,23,24);2*10,12-14,16,18,21-22H,2,5-9H2,1,3-4H3,(H,19,23,26);5-6,9,12-14,16,21-22H,2,7-8H2,1,3-4H3,(H,18,23,24);6,9,12-14,16,19-20H,1-3,7-8H2,4-5H3,(H,17,21)/b;;;6-5+;/t5*12-,13-,14-,16?/m11111/s1. The number of ketones is 1. The number of aromatic amines is 4. The number of carbonyl (C=O) groups is 2. The molecule has 0 saturated carbocycles. The van der Waals surface area contributed by atoms with Crippen molar-refractivity contribution in [1.82, 2.24) is 64.4 Å². The molecule has 43 heteroatoms. The van der Waals surface area contributed by atoms with Crippen LogP contribution in [0.2, 0.25) is 0 Å². The van der Waals surface area contributed by atoms with Crippen molar-refractivity contribution in [3.05, 3.63) is 162 Å². The maximum atomic E-state index is 12.2. The second-order valence-electron chi connectivity index (χ2n) is 36.3. The monoisotopic (exact) mass is 1920 g/mol. The molecule has 0 radical (unpaired) electrons. The van der Waals surface area contributed by atoms with E-state index in [1.165, 1.54) is 57.8 Å². The summed E-state index contributed by atoms with van der Waals surface area (Å²) in [4.78, 5) is 106. The topological polar surface area (TPSA) is 519 Å². The average molecular weight is 1920 g/mol. The van der Waals surface area contributed by atoms with Gasteiger partial charge in [0, 0.05) is 67.3 Å². The van der Waals surface area contributed by atoms with E-state index in [0.717, 1.165) is 78.8 Å². The van der Waals surface area contributed by atoms with Crippen LogP contribution in [-0.2, 0) is 52.9 Å². The summed E-state index contributed by atoms with van der Waals surface area (Å²) in [6, 6.07) is 0. The molecule has 0 aromatic carbocycles. The van der Waals surface area contributed by atoms with Gasteiger partial charge in [-0.3, -0.25) is 67.0 Å². The van der Waals surface area contributed by atoms with Crippen LogP contribution in [0.1, 0.15) is 126 Å². The van der Waals surface area contributed by atoms with Gasteiger partial charge in [-0.2, -0.15) is 0 Å². The molecular weight excluding hydrogens is 1780 g/mol. The minimum Gasteiger partial charge on any atom is -0.388 e. The number of ether oxygens (including phenoxy) is 5. The minimum absolute atomic E-state index is 0.0679. The molecule has 5 fully saturated rings. The number of aliphatic hydroxyl groups is 10. The zero-order valence-corrected chi connectivity index (χ0v) is 81.7. The van der Waals surface area contributed by atoms with Crippen LogP contribution in [0, 0.1) is 9.54 Å². The highest BCUT2D eigenvalue weighted by atomic mass is 32.1. The van der Waals surface area contributed by atoms with E-state index in [2.05, 4.69) is 153 Å². The van der Waals surface area contributed by atoms with Crippen LogP contribution in [-0.4, -0.2) is 352 Å². The van der Waals surface area contributed by atoms with E-state index in [1.807, 2.05) is 20.8 Å². The van der Waals surface area contributed by atoms with Gasteiger partial charge in [-0.25, -0.2) is 9.59 Å². The number of aromatic nitrogens is 8. The molecule has 127 heavy (non-hydrogen) atoms. The lowest BCUT2D eigenvalue weighted by molar-refractivity contribution is -0.119. The van der Waals surface area contributed by atoms with Gasteiger partial charge in [0.15, 0.2) is 46.5 Å². The van der Waals surface area contributed by atoms with Crippen LogP contribution in [0.3, 0.4) is 0 Å². The van der Waals surface area contributed by atoms with Gasteiger partial charge in [0.1, 0.15) is 66.9 Å². The Bertz CT molecular complexity index is 4940. The van der Waals surface area contributed by atoms with E-state index in [0.29, 0.717) is 79.8 Å². The lowest BCUT2D eigenvalue weighted by atomic mass is 10.1. The summed E-state index contributed by atoms with van der Waals surface area (Å²) in [6.07, 6.45) is 23.5. The number of allylic oxidation sites excluding steroid dienone is 1. The van der Waals surface area contributed by atoms with Gasteiger partial charge < -0.3 is 101 Å². The van der Waals surface area contributed by atoms with Gasteiger partial charge in [-0.1, -0.05) is 40.0 Å². The zero-order chi connectivity index (χ0) is 95.5. The largest absolute Gasteiger partial charge is 0.388 e. The van der Waals surface area contributed by atoms with E-state index in [4.69, 9.17) is 48.1 Å². The number of nitrogens with zero attached hydrogens (tertiary/aromatic N) is 5. The van der Waals surface area contributed by atoms with Crippen molar-refractivity contribution >= 4 is 108 Å². The molecule has 6 aliphatic rings. The van der Waals surface area contributed by atoms with Crippen LogP contribution < -0.4 is 54.9 Å². The Morgan fingerprint density at radius 3 is 1.01 bits per heavy atom. The van der Waals surface area contributed by atoms with Gasteiger partial charge in [0.25, 0.3) is 28.1 Å². The smallest absolute Gasteiger partial charge is 0.330 e. The molecule has 5 unspecified atom stereocenters. The molecule has 4 aromatic heterocycles. The van der Waals surface area contributed by atoms with Gasteiger partial charge in [0.05, 0.1) is 41.7 Å². The molecule has 36 nitrogen and oxygen atoms in total. The zero-order valence-electron chi connectivity index (χ0n) is 75.6. The Morgan fingerprint density at radius 2 is 0.709 bits per heavy atom. The summed E-state index contributed by atoms with van der Waals surface area (Å²) in [5.41, 5.74) is -1.29. The second-order valence-corrected chi connectivity index (χ2v) is 58.6. The number of carbonyl (C=O) groups excluding carboxylic acids is 2. The maximum absolute atomic E-state index is 12.2. The van der Waals surface area contributed by atoms with Crippen molar-refractivity contribution < 1.29 is 84.3 Å². The van der Waals surface area contributed by atoms with Crippen LogP contribution in [0.25, 0.3) is 6.08 Å². The van der Waals surface area contributed by atoms with Gasteiger partial charge >= 0.3 is 11.4 Å². The fourth-order valence-electron chi connectivity index (χ4n) is 14.0. The first-order valence-corrected chi connectivity index (χ1v) is 58.4. The van der Waals surface area contributed by atoms with E-state index in [1.54, 1.807) is 12.4 Å². The molecule has 0 spiro atoms. The van der Waals surface area contributed by atoms with Crippen molar-refractivity contribution in [1.29, 1.82) is 0 Å². The molecule has 0 bridgehead atoms. The summed E-state index contributed by atoms with van der Waals surface area (Å²) >= 11 is 10.5. The third-order valence-electron chi connectivity index (χ3n) is 21.3. The first-order valence-electron chi connectivity index (χ1n) is 42.3. The molecule has 6 aliphatic heterocycles. The lowest BCUT2D eigenvalue weighted by Crippen LogP contribution is -2.47. The van der Waals surface area contributed by atoms with Crippen molar-refractivity contribution in [2.24, 2.45) is 0 Å². The van der Waals surface area contributed by atoms with Crippen molar-refractivity contribution in [2.75, 3.05) is 117 Å². The van der Waals surface area contributed by atoms with Crippen molar-refractivity contribution in [2.45, 2.75) is 221 Å². The van der Waals surface area contributed by atoms with Gasteiger partial charge in [0.2, 0.25) is 0 Å². The predicted octanol–water partition coefficient (Wildman–Crippen LogP) is 2.37. The molecule has 4 aromatic rings. The third kappa shape index (κ3) is 32.8. The number of H-pyrrole nitrogens is 4. The van der Waals surface area contributed by atoms with E-state index >= 15 is 0 Å². The number of amides is 1. The number of hydrogen-bond donors (Lipinski definition) is 18. The molecule has 0 aliphatic carbocycles. The SMILES string of the molecule is C=CC1=CN(C2O[C@H](CCP(=C)(C)C)[C@@H](O)[C@H]2O)C(=C)NC1=O.C=P(C)(C)CC[C@H]1OC(n2cc(/C=C/C(C)=O)c(=O)[nH]c2=O)[C@H](O)[C@@H]1O.C=P(C)(C)CC[C@H]1OC(n2cc(CNCCC)c(=O)[nH]c2=O)[C@H](O)[C@@H]1O.C=P(C)(C)CC[C@H]1OC(n2cc(CNCCC)c(=O)[nH]c2=S)[C@H](O)[C@@H]1O.C=P(C)(C)CC[C@H]1OC(n2cc(CNCCC)c(=O)[nH]c2=S)[C@H](O)[C@@H]1O. The fourth-order valence-corrected chi connectivity index (χ4v) is 19.3. The molecule has 5 saturated heterocycles. The van der Waals surface area contributed by atoms with Crippen LogP contribution in [0.4, 0.5) is 0 Å². The summed E-state index contributed by atoms with van der Waals surface area (Å²) in [7, 11) is 0. The van der Waals surface area contributed by atoms with Crippen molar-refractivity contribution in [3.8, 4) is 0 Å². The Balaban J connectivity index is 0.000000245. The van der Waals surface area contributed by atoms with E-state index < -0.39 is 180 Å². The quantitative estimate of drug-likeness (QED) is 0.0136. The number of aliphatic hydroxyl groups excluding tert-OH is 10. The average Bonchev–Trinajstić information content (AvgIpc) is 1.69. The van der Waals surface area contributed by atoms with Crippen molar-refractivity contribution in [3.63, 3.8) is 0 Å². The van der Waals surface area contributed by atoms with E-state index in [-0.39, 0.29) is 37.9 Å². The van der Waals surface area contributed by atoms with Gasteiger partial charge in [-0.05, 0) is 212 Å². The number of rotatable bonds is 35. The molecule has 1 amide bonds. The summed E-state index contributed by atoms with van der Waals surface area (Å²) in [5, 5.41) is 115. The summed E-state index contributed by atoms with van der Waals surface area (Å²) < 4.78 is 34.7. The predicted molar refractivity (Wildman–Crippen MR) is 519 cm³/mol. The Labute approximate surface area is 752 Å². The maximum Gasteiger partial charge on any atom is 0.330 e. The Kier molecular flexibility index (Phi) is 42.2. The first-order chi connectivity index (χ1) is 59.0. The highest BCUT2D eigenvalue weighted by Crippen LogP contribution is 2.44. The second kappa shape index (κ2) is 48.8. The molecule has 10 rings (SSSR count). The molecule has 18 N–H and O–H groups in total. The van der Waals surface area contributed by atoms with Crippen LogP contribution >= 0.6 is 58.9 Å². The van der Waals surface area contributed by atoms with Gasteiger partial charge in [-0.15, -0.1) is 65.9 Å². The Morgan fingerprint density at radius 1 is 0.433 bits per heavy atom. The molecule has 20 atom stereocenters. The summed E-state index contributed by atoms with van der Waals surface area (Å²) in [6.45, 7) is 32.9. The number of nitrogens with one attached hydrogen (secondary N) is 8. The summed E-state index contributed by atoms with van der Waals surface area (Å²) in [5.74, 6) is -0.272. The fraction of sp³-hybridized carbons (Fsp3) is 0.631. The van der Waals surface area contributed by atoms with Crippen LogP contribution in [0.5, 0.6) is 0 Å². The lowest BCUT2D eigenvalue weighted by Gasteiger charge is -2.34. The minimum atomic E-state index is -1.33. The Hall–Kier alpha value is -5.76. The highest BCUT2D eigenvalue weighted by Gasteiger charge is 2.49. The highest BCUT2D eigenvalue weighted by molar-refractivity contribution is 7.73. The molecular formula is C84H140N13O23P5S2. The van der Waals surface area contributed by atoms with E-state index in [9.17, 15) is 89.4 Å². The van der Waals surface area contributed by atoms with Crippen LogP contribution in [0.15, 0.2) is 96.5 Å². The normalized spacial score (nSPS) is 27.4.